The Balaban J connectivity index is 1.28. The van der Waals surface area contributed by atoms with Gasteiger partial charge in [0.25, 0.3) is 0 Å². The van der Waals surface area contributed by atoms with Gasteiger partial charge < -0.3 is 14.7 Å². The summed E-state index contributed by atoms with van der Waals surface area (Å²) in [5.41, 5.74) is 1.03. The number of fused-ring (bicyclic) bond motifs is 1. The van der Waals surface area contributed by atoms with Gasteiger partial charge in [0.15, 0.2) is 0 Å². The standard InChI is InChI=1S/C23H24ClFN2O2/c24-22-9-10-23(21-4-2-1-3-20(21)22)29-16-19(28)15-26-11-13-27(14-12-26)18-7-5-17(25)6-8-18/h1-10,19,28H,11-16H2/t19-/m1/s1. The molecule has 0 aromatic heterocycles. The molecule has 29 heavy (non-hydrogen) atoms. The molecule has 4 nitrogen and oxygen atoms in total. The topological polar surface area (TPSA) is 35.9 Å². The third kappa shape index (κ3) is 4.81. The summed E-state index contributed by atoms with van der Waals surface area (Å²) in [6.07, 6.45) is -0.582. The SMILES string of the molecule is O[C@@H](COc1ccc(Cl)c2ccccc12)CN1CCN(c2ccc(F)cc2)CC1. The van der Waals surface area contributed by atoms with Gasteiger partial charge in [0.05, 0.1) is 0 Å². The number of hydrogen-bond donors (Lipinski definition) is 1. The lowest BCUT2D eigenvalue weighted by Gasteiger charge is -2.36. The normalized spacial score (nSPS) is 16.2. The highest BCUT2D eigenvalue weighted by Gasteiger charge is 2.20. The van der Waals surface area contributed by atoms with Crippen molar-refractivity contribution in [1.29, 1.82) is 0 Å². The number of anilines is 1. The molecule has 0 bridgehead atoms. The maximum atomic E-state index is 13.1. The molecule has 1 saturated heterocycles. The third-order valence-electron chi connectivity index (χ3n) is 5.30. The number of ether oxygens (including phenoxy) is 1. The van der Waals surface area contributed by atoms with Gasteiger partial charge in [-0.1, -0.05) is 35.9 Å². The quantitative estimate of drug-likeness (QED) is 0.656. The summed E-state index contributed by atoms with van der Waals surface area (Å²) in [5.74, 6) is 0.508. The molecule has 6 heteroatoms. The number of nitrogens with zero attached hydrogens (tertiary/aromatic N) is 2. The molecule has 152 valence electrons. The predicted octanol–water partition coefficient (Wildman–Crippen LogP) is 4.19. The first kappa shape index (κ1) is 20.0. The molecule has 1 N–H and O–H groups in total. The second kappa shape index (κ2) is 8.99. The van der Waals surface area contributed by atoms with Crippen LogP contribution in [0.4, 0.5) is 10.1 Å². The van der Waals surface area contributed by atoms with Crippen LogP contribution in [0.25, 0.3) is 10.8 Å². The van der Waals surface area contributed by atoms with Gasteiger partial charge in [0.1, 0.15) is 24.3 Å². The molecule has 0 unspecified atom stereocenters. The van der Waals surface area contributed by atoms with E-state index < -0.39 is 6.10 Å². The monoisotopic (exact) mass is 414 g/mol. The van der Waals surface area contributed by atoms with Crippen LogP contribution in [-0.4, -0.2) is 55.4 Å². The molecule has 0 spiro atoms. The lowest BCUT2D eigenvalue weighted by atomic mass is 10.1. The lowest BCUT2D eigenvalue weighted by molar-refractivity contribution is 0.0668. The summed E-state index contributed by atoms with van der Waals surface area (Å²) in [5, 5.41) is 13.0. The van der Waals surface area contributed by atoms with E-state index in [0.29, 0.717) is 11.6 Å². The molecule has 1 atom stereocenters. The van der Waals surface area contributed by atoms with Crippen molar-refractivity contribution in [1.82, 2.24) is 4.90 Å². The molecule has 1 aliphatic heterocycles. The summed E-state index contributed by atoms with van der Waals surface area (Å²) >= 11 is 6.25. The Hall–Kier alpha value is -2.34. The fraction of sp³-hybridized carbons (Fsp3) is 0.304. The molecule has 0 aliphatic carbocycles. The number of β-amino-alcohol motifs (C(OH)–C–C–N with tert-alkyl or cyclic N) is 1. The van der Waals surface area contributed by atoms with Gasteiger partial charge in [-0.3, -0.25) is 4.90 Å². The zero-order valence-electron chi connectivity index (χ0n) is 16.1. The molecule has 1 fully saturated rings. The highest BCUT2D eigenvalue weighted by atomic mass is 35.5. The number of aliphatic hydroxyl groups excluding tert-OH is 1. The number of rotatable bonds is 6. The number of piperazine rings is 1. The number of benzene rings is 3. The Morgan fingerprint density at radius 3 is 2.34 bits per heavy atom. The van der Waals surface area contributed by atoms with E-state index in [9.17, 15) is 9.50 Å². The first-order valence-electron chi connectivity index (χ1n) is 9.81. The summed E-state index contributed by atoms with van der Waals surface area (Å²) in [6.45, 7) is 4.17. The molecule has 1 aliphatic rings. The van der Waals surface area contributed by atoms with E-state index >= 15 is 0 Å². The second-order valence-corrected chi connectivity index (χ2v) is 7.73. The summed E-state index contributed by atoms with van der Waals surface area (Å²) in [7, 11) is 0. The average molecular weight is 415 g/mol. The van der Waals surface area contributed by atoms with Gasteiger partial charge in [-0.2, -0.15) is 0 Å². The van der Waals surface area contributed by atoms with E-state index in [1.54, 1.807) is 0 Å². The van der Waals surface area contributed by atoms with E-state index in [0.717, 1.165) is 48.4 Å². The number of halogens is 2. The zero-order chi connectivity index (χ0) is 20.2. The highest BCUT2D eigenvalue weighted by molar-refractivity contribution is 6.35. The summed E-state index contributed by atoms with van der Waals surface area (Å²) < 4.78 is 19.0. The fourth-order valence-corrected chi connectivity index (χ4v) is 3.97. The zero-order valence-corrected chi connectivity index (χ0v) is 16.9. The average Bonchev–Trinajstić information content (AvgIpc) is 2.75. The molecule has 0 saturated carbocycles. The molecule has 3 aromatic rings. The number of aliphatic hydroxyl groups is 1. The lowest BCUT2D eigenvalue weighted by Crippen LogP contribution is -2.49. The Morgan fingerprint density at radius 2 is 1.62 bits per heavy atom. The molecule has 0 radical (unpaired) electrons. The minimum atomic E-state index is -0.582. The predicted molar refractivity (Wildman–Crippen MR) is 116 cm³/mol. The van der Waals surface area contributed by atoms with Gasteiger partial charge in [0.2, 0.25) is 0 Å². The molecule has 4 rings (SSSR count). The number of hydrogen-bond acceptors (Lipinski definition) is 4. The minimum absolute atomic E-state index is 0.219. The van der Waals surface area contributed by atoms with Crippen LogP contribution in [0.5, 0.6) is 5.75 Å². The first-order chi connectivity index (χ1) is 14.1. The molecular weight excluding hydrogens is 391 g/mol. The Bertz CT molecular complexity index is 959. The largest absolute Gasteiger partial charge is 0.490 e. The van der Waals surface area contributed by atoms with Crippen molar-refractivity contribution in [2.45, 2.75) is 6.10 Å². The summed E-state index contributed by atoms with van der Waals surface area (Å²) in [6, 6.07) is 18.1. The van der Waals surface area contributed by atoms with Crippen LogP contribution < -0.4 is 9.64 Å². The van der Waals surface area contributed by atoms with E-state index in [1.165, 1.54) is 12.1 Å². The summed E-state index contributed by atoms with van der Waals surface area (Å²) in [4.78, 5) is 4.46. The van der Waals surface area contributed by atoms with Crippen molar-refractivity contribution >= 4 is 28.1 Å². The van der Waals surface area contributed by atoms with Gasteiger partial charge in [0, 0.05) is 54.2 Å². The van der Waals surface area contributed by atoms with Gasteiger partial charge in [-0.25, -0.2) is 4.39 Å². The van der Waals surface area contributed by atoms with Crippen LogP contribution in [0.3, 0.4) is 0 Å². The first-order valence-corrected chi connectivity index (χ1v) is 10.2. The maximum Gasteiger partial charge on any atom is 0.127 e. The molecular formula is C23H24ClFN2O2. The smallest absolute Gasteiger partial charge is 0.127 e. The van der Waals surface area contributed by atoms with E-state index in [4.69, 9.17) is 16.3 Å². The fourth-order valence-electron chi connectivity index (χ4n) is 3.74. The van der Waals surface area contributed by atoms with Crippen molar-refractivity contribution in [2.75, 3.05) is 44.2 Å². The molecule has 3 aromatic carbocycles. The van der Waals surface area contributed by atoms with Crippen LogP contribution in [0.15, 0.2) is 60.7 Å². The maximum absolute atomic E-state index is 13.1. The van der Waals surface area contributed by atoms with E-state index in [-0.39, 0.29) is 12.4 Å². The van der Waals surface area contributed by atoms with Crippen molar-refractivity contribution in [3.05, 3.63) is 71.5 Å². The van der Waals surface area contributed by atoms with E-state index in [2.05, 4.69) is 9.80 Å². The Labute approximate surface area is 175 Å². The highest BCUT2D eigenvalue weighted by Crippen LogP contribution is 2.31. The van der Waals surface area contributed by atoms with Gasteiger partial charge >= 0.3 is 0 Å². The van der Waals surface area contributed by atoms with Crippen LogP contribution in [0, 0.1) is 5.82 Å². The Kier molecular flexibility index (Phi) is 6.19. The van der Waals surface area contributed by atoms with Crippen LogP contribution in [0.2, 0.25) is 5.02 Å². The van der Waals surface area contributed by atoms with Gasteiger partial charge in [-0.15, -0.1) is 0 Å². The minimum Gasteiger partial charge on any atom is -0.490 e. The molecule has 0 amide bonds. The third-order valence-corrected chi connectivity index (χ3v) is 5.62. The Morgan fingerprint density at radius 1 is 0.931 bits per heavy atom. The van der Waals surface area contributed by atoms with Crippen molar-refractivity contribution < 1.29 is 14.2 Å². The van der Waals surface area contributed by atoms with Gasteiger partial charge in [-0.05, 0) is 36.4 Å². The molecule has 1 heterocycles. The van der Waals surface area contributed by atoms with Crippen molar-refractivity contribution in [3.63, 3.8) is 0 Å². The van der Waals surface area contributed by atoms with Crippen molar-refractivity contribution in [2.24, 2.45) is 0 Å². The van der Waals surface area contributed by atoms with E-state index in [1.807, 2.05) is 48.5 Å². The van der Waals surface area contributed by atoms with Crippen LogP contribution >= 0.6 is 11.6 Å². The van der Waals surface area contributed by atoms with Crippen LogP contribution in [-0.2, 0) is 0 Å². The second-order valence-electron chi connectivity index (χ2n) is 7.32. The van der Waals surface area contributed by atoms with Crippen LogP contribution in [0.1, 0.15) is 0 Å². The van der Waals surface area contributed by atoms with Crippen molar-refractivity contribution in [3.8, 4) is 5.75 Å².